The van der Waals surface area contributed by atoms with Crippen LogP contribution < -0.4 is 5.32 Å². The lowest BCUT2D eigenvalue weighted by molar-refractivity contribution is 0.259. The van der Waals surface area contributed by atoms with Crippen LogP contribution in [0.4, 0.5) is 0 Å². The molecule has 0 aromatic rings. The van der Waals surface area contributed by atoms with Crippen LogP contribution in [-0.4, -0.2) is 23.0 Å². The third-order valence-electron chi connectivity index (χ3n) is 3.38. The summed E-state index contributed by atoms with van der Waals surface area (Å²) in [7, 11) is 0. The molecule has 14 heavy (non-hydrogen) atoms. The molecular weight excluding hydrogens is 192 g/mol. The van der Waals surface area contributed by atoms with Crippen molar-refractivity contribution >= 4 is 16.9 Å². The zero-order valence-corrected chi connectivity index (χ0v) is 9.94. The van der Waals surface area contributed by atoms with Crippen molar-refractivity contribution in [2.24, 2.45) is 10.9 Å². The van der Waals surface area contributed by atoms with Crippen LogP contribution in [0.1, 0.15) is 39.5 Å². The van der Waals surface area contributed by atoms with Gasteiger partial charge in [0.15, 0.2) is 5.17 Å². The topological polar surface area (TPSA) is 24.4 Å². The molecular formula is C11H20N2S. The first-order chi connectivity index (χ1) is 6.79. The molecule has 1 aliphatic carbocycles. The molecule has 2 nitrogen and oxygen atoms in total. The van der Waals surface area contributed by atoms with E-state index in [0.29, 0.717) is 6.04 Å². The number of aliphatic imine (C=N–C) groups is 1. The van der Waals surface area contributed by atoms with E-state index in [1.807, 2.05) is 11.8 Å². The molecule has 1 saturated carbocycles. The number of thioether (sulfide) groups is 1. The van der Waals surface area contributed by atoms with Gasteiger partial charge in [-0.25, -0.2) is 0 Å². The summed E-state index contributed by atoms with van der Waals surface area (Å²) in [5.41, 5.74) is 0. The van der Waals surface area contributed by atoms with Gasteiger partial charge in [-0.3, -0.25) is 4.99 Å². The van der Waals surface area contributed by atoms with Crippen molar-refractivity contribution in [3.63, 3.8) is 0 Å². The zero-order chi connectivity index (χ0) is 9.97. The summed E-state index contributed by atoms with van der Waals surface area (Å²) in [6, 6.07) is 0.630. The number of hydrogen-bond donors (Lipinski definition) is 1. The van der Waals surface area contributed by atoms with Gasteiger partial charge < -0.3 is 5.32 Å². The second kappa shape index (κ2) is 4.56. The highest BCUT2D eigenvalue weighted by Gasteiger charge is 2.26. The highest BCUT2D eigenvalue weighted by atomic mass is 32.2. The van der Waals surface area contributed by atoms with Crippen molar-refractivity contribution in [1.29, 1.82) is 0 Å². The van der Waals surface area contributed by atoms with Gasteiger partial charge in [-0.2, -0.15) is 0 Å². The third-order valence-corrected chi connectivity index (χ3v) is 4.67. The minimum absolute atomic E-state index is 0.630. The molecule has 2 atom stereocenters. The molecule has 0 amide bonds. The Labute approximate surface area is 90.9 Å². The fourth-order valence-electron chi connectivity index (χ4n) is 1.96. The Morgan fingerprint density at radius 3 is 2.86 bits per heavy atom. The van der Waals surface area contributed by atoms with E-state index in [0.717, 1.165) is 17.7 Å². The van der Waals surface area contributed by atoms with Gasteiger partial charge in [0, 0.05) is 11.3 Å². The quantitative estimate of drug-likeness (QED) is 0.778. The molecule has 0 saturated heterocycles. The molecule has 80 valence electrons. The van der Waals surface area contributed by atoms with Crippen molar-refractivity contribution in [2.45, 2.75) is 50.8 Å². The SMILES string of the molecule is CCC1CN=C(NC(C)C2CCC2)S1. The monoisotopic (exact) mass is 212 g/mol. The molecule has 1 heterocycles. The summed E-state index contributed by atoms with van der Waals surface area (Å²) in [5, 5.41) is 5.48. The lowest BCUT2D eigenvalue weighted by Crippen LogP contribution is -2.39. The Bertz CT molecular complexity index is 223. The fraction of sp³-hybridized carbons (Fsp3) is 0.909. The standard InChI is InChI=1S/C11H20N2S/c1-3-10-7-12-11(14-10)13-8(2)9-5-4-6-9/h8-10H,3-7H2,1-2H3,(H,12,13). The van der Waals surface area contributed by atoms with Crippen molar-refractivity contribution < 1.29 is 0 Å². The van der Waals surface area contributed by atoms with E-state index in [-0.39, 0.29) is 0 Å². The van der Waals surface area contributed by atoms with E-state index < -0.39 is 0 Å². The van der Waals surface area contributed by atoms with Crippen LogP contribution in [0.3, 0.4) is 0 Å². The van der Waals surface area contributed by atoms with E-state index in [1.165, 1.54) is 30.9 Å². The number of rotatable bonds is 3. The van der Waals surface area contributed by atoms with Gasteiger partial charge in [-0.1, -0.05) is 25.1 Å². The highest BCUT2D eigenvalue weighted by Crippen LogP contribution is 2.30. The van der Waals surface area contributed by atoms with Crippen molar-refractivity contribution in [2.75, 3.05) is 6.54 Å². The zero-order valence-electron chi connectivity index (χ0n) is 9.12. The van der Waals surface area contributed by atoms with Crippen LogP contribution in [0.5, 0.6) is 0 Å². The van der Waals surface area contributed by atoms with Crippen LogP contribution in [0.2, 0.25) is 0 Å². The van der Waals surface area contributed by atoms with E-state index >= 15 is 0 Å². The van der Waals surface area contributed by atoms with E-state index in [1.54, 1.807) is 0 Å². The fourth-order valence-corrected chi connectivity index (χ4v) is 3.00. The van der Waals surface area contributed by atoms with Crippen LogP contribution in [0, 0.1) is 5.92 Å². The first-order valence-electron chi connectivity index (χ1n) is 5.77. The van der Waals surface area contributed by atoms with Crippen LogP contribution in [0.25, 0.3) is 0 Å². The second-order valence-corrected chi connectivity index (χ2v) is 5.71. The predicted molar refractivity (Wildman–Crippen MR) is 63.9 cm³/mol. The summed E-state index contributed by atoms with van der Waals surface area (Å²) in [5.74, 6) is 0.902. The lowest BCUT2D eigenvalue weighted by Gasteiger charge is -2.32. The van der Waals surface area contributed by atoms with Gasteiger partial charge in [-0.15, -0.1) is 0 Å². The smallest absolute Gasteiger partial charge is 0.157 e. The predicted octanol–water partition coefficient (Wildman–Crippen LogP) is 2.65. The maximum Gasteiger partial charge on any atom is 0.157 e. The Kier molecular flexibility index (Phi) is 3.37. The number of hydrogen-bond acceptors (Lipinski definition) is 3. The van der Waals surface area contributed by atoms with E-state index in [2.05, 4.69) is 24.2 Å². The van der Waals surface area contributed by atoms with E-state index in [9.17, 15) is 0 Å². The van der Waals surface area contributed by atoms with Crippen LogP contribution in [0.15, 0.2) is 4.99 Å². The maximum atomic E-state index is 4.54. The molecule has 2 rings (SSSR count). The summed E-state index contributed by atoms with van der Waals surface area (Å²) < 4.78 is 0. The molecule has 0 aromatic carbocycles. The Morgan fingerprint density at radius 1 is 1.57 bits per heavy atom. The van der Waals surface area contributed by atoms with Crippen molar-refractivity contribution in [3.8, 4) is 0 Å². The molecule has 0 bridgehead atoms. The molecule has 1 aliphatic heterocycles. The minimum Gasteiger partial charge on any atom is -0.362 e. The summed E-state index contributed by atoms with van der Waals surface area (Å²) in [6.07, 6.45) is 5.47. The average molecular weight is 212 g/mol. The third kappa shape index (κ3) is 2.25. The molecule has 0 radical (unpaired) electrons. The average Bonchev–Trinajstić information content (AvgIpc) is 2.48. The first-order valence-corrected chi connectivity index (χ1v) is 6.65. The Hall–Kier alpha value is -0.180. The van der Waals surface area contributed by atoms with Crippen LogP contribution in [-0.2, 0) is 0 Å². The first kappa shape index (κ1) is 10.3. The number of amidine groups is 1. The number of nitrogens with one attached hydrogen (secondary N) is 1. The normalized spacial score (nSPS) is 29.6. The highest BCUT2D eigenvalue weighted by molar-refractivity contribution is 8.14. The van der Waals surface area contributed by atoms with Crippen molar-refractivity contribution in [1.82, 2.24) is 5.32 Å². The van der Waals surface area contributed by atoms with Gasteiger partial charge in [0.05, 0.1) is 6.54 Å². The summed E-state index contributed by atoms with van der Waals surface area (Å²) in [4.78, 5) is 4.54. The van der Waals surface area contributed by atoms with Gasteiger partial charge in [0.1, 0.15) is 0 Å². The largest absolute Gasteiger partial charge is 0.362 e. The second-order valence-electron chi connectivity index (χ2n) is 4.42. The van der Waals surface area contributed by atoms with Gasteiger partial charge in [0.2, 0.25) is 0 Å². The summed E-state index contributed by atoms with van der Waals surface area (Å²) in [6.45, 7) is 5.55. The van der Waals surface area contributed by atoms with Gasteiger partial charge >= 0.3 is 0 Å². The maximum absolute atomic E-state index is 4.54. The lowest BCUT2D eigenvalue weighted by atomic mass is 9.80. The molecule has 2 unspecified atom stereocenters. The summed E-state index contributed by atoms with van der Waals surface area (Å²) >= 11 is 1.93. The van der Waals surface area contributed by atoms with E-state index in [4.69, 9.17) is 0 Å². The molecule has 0 aromatic heterocycles. The number of nitrogens with zero attached hydrogens (tertiary/aromatic N) is 1. The molecule has 3 heteroatoms. The molecule has 0 spiro atoms. The Morgan fingerprint density at radius 2 is 2.36 bits per heavy atom. The molecule has 1 N–H and O–H groups in total. The van der Waals surface area contributed by atoms with Crippen LogP contribution >= 0.6 is 11.8 Å². The molecule has 2 aliphatic rings. The Balaban J connectivity index is 1.75. The minimum atomic E-state index is 0.630. The van der Waals surface area contributed by atoms with Crippen molar-refractivity contribution in [3.05, 3.63) is 0 Å². The van der Waals surface area contributed by atoms with Gasteiger partial charge in [-0.05, 0) is 32.1 Å². The van der Waals surface area contributed by atoms with Gasteiger partial charge in [0.25, 0.3) is 0 Å². The molecule has 1 fully saturated rings.